The number of hydrogen-bond donors (Lipinski definition) is 1. The van der Waals surface area contributed by atoms with Crippen molar-refractivity contribution in [2.24, 2.45) is 0 Å². The van der Waals surface area contributed by atoms with Crippen molar-refractivity contribution in [3.63, 3.8) is 0 Å². The SMILES string of the molecule is COC1=C2c3cc(OC)cc(O)c3C(=O)OC2(C)CC1=O. The summed E-state index contributed by atoms with van der Waals surface area (Å²) in [5.74, 6) is -0.622. The maximum atomic E-state index is 12.2. The average molecular weight is 290 g/mol. The number of hydrogen-bond acceptors (Lipinski definition) is 6. The van der Waals surface area contributed by atoms with Crippen LogP contribution in [0, 0.1) is 0 Å². The van der Waals surface area contributed by atoms with E-state index in [0.717, 1.165) is 0 Å². The molecular weight excluding hydrogens is 276 g/mol. The molecule has 0 saturated heterocycles. The highest BCUT2D eigenvalue weighted by Crippen LogP contribution is 2.50. The van der Waals surface area contributed by atoms with Crippen LogP contribution in [0.5, 0.6) is 11.5 Å². The van der Waals surface area contributed by atoms with Gasteiger partial charge in [0, 0.05) is 17.2 Å². The first-order chi connectivity index (χ1) is 9.91. The molecule has 6 heteroatoms. The molecule has 0 bridgehead atoms. The first-order valence-electron chi connectivity index (χ1n) is 6.38. The molecule has 1 aliphatic carbocycles. The predicted molar refractivity (Wildman–Crippen MR) is 72.0 cm³/mol. The Hall–Kier alpha value is -2.50. The zero-order chi connectivity index (χ0) is 15.4. The highest BCUT2D eigenvalue weighted by Gasteiger charge is 2.51. The Balaban J connectivity index is 2.37. The number of ketones is 1. The standard InChI is InChI=1S/C15H14O6/c1-15-6-10(17)13(20-3)12(15)8-4-7(19-2)5-9(16)11(8)14(18)21-15/h4-5,16H,6H2,1-3H3. The molecule has 0 saturated carbocycles. The van der Waals surface area contributed by atoms with E-state index in [1.165, 1.54) is 20.3 Å². The number of carbonyl (C=O) groups excluding carboxylic acids is 2. The van der Waals surface area contributed by atoms with Crippen LogP contribution >= 0.6 is 0 Å². The topological polar surface area (TPSA) is 82.1 Å². The van der Waals surface area contributed by atoms with Crippen LogP contribution in [0.4, 0.5) is 0 Å². The summed E-state index contributed by atoms with van der Waals surface area (Å²) in [6.45, 7) is 1.66. The van der Waals surface area contributed by atoms with E-state index < -0.39 is 11.6 Å². The van der Waals surface area contributed by atoms with Crippen molar-refractivity contribution in [3.05, 3.63) is 29.0 Å². The molecule has 110 valence electrons. The molecule has 6 nitrogen and oxygen atoms in total. The summed E-state index contributed by atoms with van der Waals surface area (Å²) < 4.78 is 15.7. The van der Waals surface area contributed by atoms with Crippen LogP contribution in [0.25, 0.3) is 5.57 Å². The van der Waals surface area contributed by atoms with Gasteiger partial charge in [-0.2, -0.15) is 0 Å². The zero-order valence-electron chi connectivity index (χ0n) is 11.9. The lowest BCUT2D eigenvalue weighted by Gasteiger charge is -2.33. The molecule has 0 aromatic heterocycles. The van der Waals surface area contributed by atoms with E-state index in [-0.39, 0.29) is 29.3 Å². The molecule has 0 radical (unpaired) electrons. The molecule has 0 amide bonds. The Bertz CT molecular complexity index is 702. The van der Waals surface area contributed by atoms with Gasteiger partial charge in [-0.1, -0.05) is 0 Å². The maximum Gasteiger partial charge on any atom is 0.343 e. The van der Waals surface area contributed by atoms with Crippen LogP contribution in [0.15, 0.2) is 17.9 Å². The van der Waals surface area contributed by atoms with Gasteiger partial charge in [0.15, 0.2) is 5.76 Å². The predicted octanol–water partition coefficient (Wildman–Crippen LogP) is 1.66. The van der Waals surface area contributed by atoms with Gasteiger partial charge in [-0.25, -0.2) is 4.79 Å². The largest absolute Gasteiger partial charge is 0.507 e. The average Bonchev–Trinajstić information content (AvgIpc) is 2.67. The monoisotopic (exact) mass is 290 g/mol. The number of esters is 1. The van der Waals surface area contributed by atoms with Crippen molar-refractivity contribution in [2.75, 3.05) is 14.2 Å². The zero-order valence-corrected chi connectivity index (χ0v) is 11.9. The molecule has 1 atom stereocenters. The van der Waals surface area contributed by atoms with Gasteiger partial charge in [-0.15, -0.1) is 0 Å². The Labute approximate surface area is 120 Å². The second kappa shape index (κ2) is 4.25. The van der Waals surface area contributed by atoms with Gasteiger partial charge >= 0.3 is 5.97 Å². The van der Waals surface area contributed by atoms with E-state index in [1.807, 2.05) is 0 Å². The fraction of sp³-hybridized carbons (Fsp3) is 0.333. The molecule has 1 N–H and O–H groups in total. The number of Topliss-reactive ketones (excluding diaryl/α,β-unsaturated/α-hetero) is 1. The van der Waals surface area contributed by atoms with Gasteiger partial charge in [0.1, 0.15) is 22.7 Å². The Morgan fingerprint density at radius 2 is 1.95 bits per heavy atom. The van der Waals surface area contributed by atoms with Crippen LogP contribution < -0.4 is 4.74 Å². The second-order valence-electron chi connectivity index (χ2n) is 5.20. The summed E-state index contributed by atoms with van der Waals surface area (Å²) >= 11 is 0. The summed E-state index contributed by atoms with van der Waals surface area (Å²) in [4.78, 5) is 24.2. The number of allylic oxidation sites excluding steroid dienone is 1. The number of rotatable bonds is 2. The number of ether oxygens (including phenoxy) is 3. The van der Waals surface area contributed by atoms with Crippen LogP contribution in [0.1, 0.15) is 29.3 Å². The van der Waals surface area contributed by atoms with Crippen LogP contribution in [-0.2, 0) is 14.3 Å². The van der Waals surface area contributed by atoms with Crippen LogP contribution in [-0.4, -0.2) is 36.7 Å². The van der Waals surface area contributed by atoms with Crippen molar-refractivity contribution in [2.45, 2.75) is 18.9 Å². The Kier molecular flexibility index (Phi) is 2.73. The minimum atomic E-state index is -1.08. The minimum Gasteiger partial charge on any atom is -0.507 e. The third-order valence-electron chi connectivity index (χ3n) is 3.83. The van der Waals surface area contributed by atoms with Gasteiger partial charge in [-0.05, 0) is 13.0 Å². The molecule has 1 aliphatic heterocycles. The first kappa shape index (κ1) is 13.5. The molecule has 3 rings (SSSR count). The number of benzene rings is 1. The van der Waals surface area contributed by atoms with Gasteiger partial charge in [0.25, 0.3) is 0 Å². The lowest BCUT2D eigenvalue weighted by molar-refractivity contribution is -0.119. The Morgan fingerprint density at radius 3 is 2.57 bits per heavy atom. The summed E-state index contributed by atoms with van der Waals surface area (Å²) in [5, 5.41) is 10.0. The fourth-order valence-electron chi connectivity index (χ4n) is 2.95. The molecule has 1 unspecified atom stereocenters. The third kappa shape index (κ3) is 1.72. The molecule has 0 fully saturated rings. The van der Waals surface area contributed by atoms with E-state index >= 15 is 0 Å². The molecule has 1 heterocycles. The minimum absolute atomic E-state index is 0.0209. The Morgan fingerprint density at radius 1 is 1.24 bits per heavy atom. The maximum absolute atomic E-state index is 12.2. The summed E-state index contributed by atoms with van der Waals surface area (Å²) in [6.07, 6.45) is 0.0225. The van der Waals surface area contributed by atoms with E-state index in [0.29, 0.717) is 16.9 Å². The van der Waals surface area contributed by atoms with Crippen LogP contribution in [0.2, 0.25) is 0 Å². The van der Waals surface area contributed by atoms with Crippen LogP contribution in [0.3, 0.4) is 0 Å². The molecule has 2 aliphatic rings. The number of carbonyl (C=O) groups is 2. The van der Waals surface area contributed by atoms with Gasteiger partial charge in [0.05, 0.1) is 20.6 Å². The smallest absolute Gasteiger partial charge is 0.343 e. The number of aromatic hydroxyl groups is 1. The number of phenols is 1. The number of phenolic OH excluding ortho intramolecular Hbond substituents is 1. The van der Waals surface area contributed by atoms with E-state index in [2.05, 4.69) is 0 Å². The first-order valence-corrected chi connectivity index (χ1v) is 6.38. The van der Waals surface area contributed by atoms with Crippen molar-refractivity contribution >= 4 is 17.3 Å². The quantitative estimate of drug-likeness (QED) is 0.834. The second-order valence-corrected chi connectivity index (χ2v) is 5.20. The van der Waals surface area contributed by atoms with E-state index in [4.69, 9.17) is 14.2 Å². The normalized spacial score (nSPS) is 23.6. The molecule has 21 heavy (non-hydrogen) atoms. The lowest BCUT2D eigenvalue weighted by atomic mass is 9.85. The van der Waals surface area contributed by atoms with Crippen molar-refractivity contribution in [3.8, 4) is 11.5 Å². The molecule has 1 aromatic carbocycles. The third-order valence-corrected chi connectivity index (χ3v) is 3.83. The van der Waals surface area contributed by atoms with Crippen molar-refractivity contribution in [1.82, 2.24) is 0 Å². The van der Waals surface area contributed by atoms with Gasteiger partial charge < -0.3 is 19.3 Å². The van der Waals surface area contributed by atoms with Crippen molar-refractivity contribution in [1.29, 1.82) is 0 Å². The van der Waals surface area contributed by atoms with E-state index in [1.54, 1.807) is 13.0 Å². The highest BCUT2D eigenvalue weighted by atomic mass is 16.6. The van der Waals surface area contributed by atoms with Crippen molar-refractivity contribution < 1.29 is 28.9 Å². The molecular formula is C15H14O6. The lowest BCUT2D eigenvalue weighted by Crippen LogP contribution is -2.36. The molecule has 1 aromatic rings. The highest BCUT2D eigenvalue weighted by molar-refractivity contribution is 6.14. The molecule has 0 spiro atoms. The van der Waals surface area contributed by atoms with E-state index in [9.17, 15) is 14.7 Å². The summed E-state index contributed by atoms with van der Waals surface area (Å²) in [5.41, 5.74) is -0.176. The number of methoxy groups -OCH3 is 2. The number of fused-ring (bicyclic) bond motifs is 3. The summed E-state index contributed by atoms with van der Waals surface area (Å²) in [7, 11) is 2.84. The van der Waals surface area contributed by atoms with Gasteiger partial charge in [0.2, 0.25) is 5.78 Å². The summed E-state index contributed by atoms with van der Waals surface area (Å²) in [6, 6.07) is 2.92. The fourth-order valence-corrected chi connectivity index (χ4v) is 2.95. The van der Waals surface area contributed by atoms with Gasteiger partial charge in [-0.3, -0.25) is 4.79 Å².